The lowest BCUT2D eigenvalue weighted by atomic mass is 9.78. The minimum absolute atomic E-state index is 0.245. The van der Waals surface area contributed by atoms with Gasteiger partial charge in [0.05, 0.1) is 11.2 Å². The summed E-state index contributed by atoms with van der Waals surface area (Å²) >= 11 is 3.36. The zero-order valence-electron chi connectivity index (χ0n) is 15.4. The van der Waals surface area contributed by atoms with Crippen LogP contribution in [0.5, 0.6) is 0 Å². The van der Waals surface area contributed by atoms with Crippen molar-refractivity contribution >= 4 is 28.5 Å². The van der Waals surface area contributed by atoms with E-state index >= 15 is 0 Å². The van der Waals surface area contributed by atoms with Gasteiger partial charge in [0.25, 0.3) is 0 Å². The fourth-order valence-electron chi connectivity index (χ4n) is 2.40. The van der Waals surface area contributed by atoms with Crippen molar-refractivity contribution < 1.29 is 9.31 Å². The van der Waals surface area contributed by atoms with E-state index in [4.69, 9.17) is 9.31 Å². The summed E-state index contributed by atoms with van der Waals surface area (Å²) in [7, 11) is -0.245. The van der Waals surface area contributed by atoms with Crippen molar-refractivity contribution in [2.75, 3.05) is 0 Å². The average Bonchev–Trinajstić information content (AvgIpc) is 2.68. The molecule has 1 aliphatic heterocycles. The van der Waals surface area contributed by atoms with Gasteiger partial charge in [-0.25, -0.2) is 0 Å². The third-order valence-electron chi connectivity index (χ3n) is 4.55. The lowest BCUT2D eigenvalue weighted by Crippen LogP contribution is -2.41. The highest BCUT2D eigenvalue weighted by Gasteiger charge is 2.51. The fourth-order valence-corrected chi connectivity index (χ4v) is 2.92. The summed E-state index contributed by atoms with van der Waals surface area (Å²) in [4.78, 5) is 0. The maximum absolute atomic E-state index is 5.98. The zero-order chi connectivity index (χ0) is 18.0. The van der Waals surface area contributed by atoms with Crippen LogP contribution in [0.1, 0.15) is 38.8 Å². The van der Waals surface area contributed by atoms with Gasteiger partial charge in [0.1, 0.15) is 0 Å². The Bertz CT molecular complexity index is 664. The Kier molecular flexibility index (Phi) is 5.95. The van der Waals surface area contributed by atoms with Gasteiger partial charge in [-0.2, -0.15) is 0 Å². The molecule has 0 amide bonds. The lowest BCUT2D eigenvalue weighted by Gasteiger charge is -2.32. The molecule has 4 heteroatoms. The van der Waals surface area contributed by atoms with Gasteiger partial charge >= 0.3 is 7.12 Å². The summed E-state index contributed by atoms with van der Waals surface area (Å²) in [6.07, 6.45) is 0. The van der Waals surface area contributed by atoms with E-state index in [2.05, 4.69) is 87.8 Å². The van der Waals surface area contributed by atoms with Gasteiger partial charge in [0.2, 0.25) is 0 Å². The van der Waals surface area contributed by atoms with Crippen LogP contribution >= 0.6 is 15.9 Å². The molecule has 128 valence electrons. The van der Waals surface area contributed by atoms with Gasteiger partial charge in [0.15, 0.2) is 0 Å². The van der Waals surface area contributed by atoms with Crippen molar-refractivity contribution in [2.24, 2.45) is 0 Å². The van der Waals surface area contributed by atoms with Gasteiger partial charge in [-0.3, -0.25) is 0 Å². The molecule has 2 nitrogen and oxygen atoms in total. The van der Waals surface area contributed by atoms with Gasteiger partial charge in [-0.1, -0.05) is 63.5 Å². The fraction of sp³-hybridized carbons (Fsp3) is 0.400. The molecule has 0 radical (unpaired) electrons. The molecule has 0 aliphatic carbocycles. The summed E-state index contributed by atoms with van der Waals surface area (Å²) in [5.41, 5.74) is 3.09. The van der Waals surface area contributed by atoms with Gasteiger partial charge < -0.3 is 9.31 Å². The van der Waals surface area contributed by atoms with E-state index < -0.39 is 0 Å². The maximum atomic E-state index is 5.98. The van der Waals surface area contributed by atoms with E-state index in [0.717, 1.165) is 9.94 Å². The first-order valence-electron chi connectivity index (χ1n) is 8.25. The van der Waals surface area contributed by atoms with E-state index in [1.165, 1.54) is 11.1 Å². The van der Waals surface area contributed by atoms with E-state index in [1.54, 1.807) is 0 Å². The summed E-state index contributed by atoms with van der Waals surface area (Å²) in [6, 6.07) is 16.5. The third-order valence-corrected chi connectivity index (χ3v) is 5.04. The minimum atomic E-state index is -0.262. The van der Waals surface area contributed by atoms with Crippen molar-refractivity contribution in [3.05, 3.63) is 64.1 Å². The monoisotopic (exact) mass is 388 g/mol. The van der Waals surface area contributed by atoms with Crippen LogP contribution in [0.3, 0.4) is 0 Å². The molecule has 1 heterocycles. The van der Waals surface area contributed by atoms with Gasteiger partial charge in [-0.15, -0.1) is 0 Å². The molecule has 0 unspecified atom stereocenters. The highest BCUT2D eigenvalue weighted by Crippen LogP contribution is 2.36. The number of hydrogen-bond acceptors (Lipinski definition) is 2. The van der Waals surface area contributed by atoms with Crippen LogP contribution in [0.25, 0.3) is 0 Å². The molecule has 0 aromatic heterocycles. The predicted octanol–water partition coefficient (Wildman–Crippen LogP) is 5.05. The lowest BCUT2D eigenvalue weighted by molar-refractivity contribution is 0.00578. The van der Waals surface area contributed by atoms with E-state index in [0.29, 0.717) is 0 Å². The van der Waals surface area contributed by atoms with Crippen molar-refractivity contribution in [3.8, 4) is 0 Å². The molecule has 1 aliphatic rings. The van der Waals surface area contributed by atoms with Crippen molar-refractivity contribution in [2.45, 2.75) is 52.7 Å². The highest BCUT2D eigenvalue weighted by molar-refractivity contribution is 9.10. The Hall–Kier alpha value is -1.10. The summed E-state index contributed by atoms with van der Waals surface area (Å²) in [5.74, 6) is 0. The number of benzene rings is 2. The second kappa shape index (κ2) is 7.43. The smallest absolute Gasteiger partial charge is 0.399 e. The molecule has 2 aromatic rings. The summed E-state index contributed by atoms with van der Waals surface area (Å²) in [5, 5.41) is 0. The molecular weight excluding hydrogens is 363 g/mol. The van der Waals surface area contributed by atoms with E-state index in [9.17, 15) is 0 Å². The van der Waals surface area contributed by atoms with Crippen LogP contribution in [-0.4, -0.2) is 18.3 Å². The SMILES string of the molecule is Cc1cccc(B2OC(C)(C)C(C)(C)O2)c1.Cc1cccc(Br)c1. The molecule has 1 saturated heterocycles. The third kappa shape index (κ3) is 4.72. The van der Waals surface area contributed by atoms with E-state index in [1.807, 2.05) is 18.2 Å². The molecule has 0 N–H and O–H groups in total. The standard InChI is InChI=1S/C13H19BO2.C7H7Br/c1-10-7-6-8-11(9-10)14-15-12(2,3)13(4,5)16-14;1-6-3-2-4-7(8)5-6/h6-9H,1-5H3;2-5H,1H3. The summed E-state index contributed by atoms with van der Waals surface area (Å²) < 4.78 is 13.1. The molecule has 0 saturated carbocycles. The zero-order valence-corrected chi connectivity index (χ0v) is 17.0. The van der Waals surface area contributed by atoms with Crippen LogP contribution in [0.15, 0.2) is 53.0 Å². The number of halogens is 1. The van der Waals surface area contributed by atoms with Crippen molar-refractivity contribution in [3.63, 3.8) is 0 Å². The van der Waals surface area contributed by atoms with Crippen molar-refractivity contribution in [1.29, 1.82) is 0 Å². The van der Waals surface area contributed by atoms with Crippen LogP contribution in [0.4, 0.5) is 0 Å². The Labute approximate surface area is 154 Å². The first-order chi connectivity index (χ1) is 11.1. The van der Waals surface area contributed by atoms with Crippen molar-refractivity contribution in [1.82, 2.24) is 0 Å². The number of rotatable bonds is 1. The number of hydrogen-bond donors (Lipinski definition) is 0. The van der Waals surface area contributed by atoms with Gasteiger partial charge in [-0.05, 0) is 59.1 Å². The quantitative estimate of drug-likeness (QED) is 0.636. The number of aryl methyl sites for hydroxylation is 2. The second-order valence-electron chi connectivity index (χ2n) is 7.30. The summed E-state index contributed by atoms with van der Waals surface area (Å²) in [6.45, 7) is 12.4. The normalized spacial score (nSPS) is 18.0. The highest BCUT2D eigenvalue weighted by atomic mass is 79.9. The molecule has 2 aromatic carbocycles. The average molecular weight is 389 g/mol. The maximum Gasteiger partial charge on any atom is 0.494 e. The molecule has 0 spiro atoms. The van der Waals surface area contributed by atoms with Crippen LogP contribution in [0.2, 0.25) is 0 Å². The van der Waals surface area contributed by atoms with Crippen LogP contribution < -0.4 is 5.46 Å². The first kappa shape index (κ1) is 19.2. The predicted molar refractivity (Wildman–Crippen MR) is 106 cm³/mol. The Morgan fingerprint density at radius 1 is 0.792 bits per heavy atom. The Morgan fingerprint density at radius 2 is 1.29 bits per heavy atom. The molecule has 24 heavy (non-hydrogen) atoms. The molecule has 0 atom stereocenters. The first-order valence-corrected chi connectivity index (χ1v) is 9.04. The molecule has 3 rings (SSSR count). The Morgan fingerprint density at radius 3 is 1.71 bits per heavy atom. The minimum Gasteiger partial charge on any atom is -0.399 e. The van der Waals surface area contributed by atoms with E-state index in [-0.39, 0.29) is 18.3 Å². The Balaban J connectivity index is 0.000000219. The molecular formula is C20H26BBrO2. The second-order valence-corrected chi connectivity index (χ2v) is 8.22. The molecule has 1 fully saturated rings. The largest absolute Gasteiger partial charge is 0.494 e. The van der Waals surface area contributed by atoms with Gasteiger partial charge in [0, 0.05) is 4.47 Å². The topological polar surface area (TPSA) is 18.5 Å². The van der Waals surface area contributed by atoms with Crippen LogP contribution in [0, 0.1) is 13.8 Å². The van der Waals surface area contributed by atoms with Crippen LogP contribution in [-0.2, 0) is 9.31 Å². The molecule has 0 bridgehead atoms.